The van der Waals surface area contributed by atoms with E-state index < -0.39 is 0 Å². The molecule has 6 aromatic carbocycles. The molecule has 0 N–H and O–H groups in total. The molecule has 6 aromatic rings. The van der Waals surface area contributed by atoms with E-state index in [2.05, 4.69) is 192 Å². The average molecular weight is 837 g/mol. The van der Waals surface area contributed by atoms with Gasteiger partial charge in [-0.3, -0.25) is 0 Å². The van der Waals surface area contributed by atoms with E-state index >= 15 is 0 Å². The molecule has 1 fully saturated rings. The van der Waals surface area contributed by atoms with Crippen LogP contribution in [0.5, 0.6) is 0 Å². The molecule has 0 bridgehead atoms. The molecule has 0 nitrogen and oxygen atoms in total. The minimum absolute atomic E-state index is 0.117. The molecule has 0 saturated heterocycles. The van der Waals surface area contributed by atoms with Gasteiger partial charge in [-0.05, 0) is 177 Å². The van der Waals surface area contributed by atoms with Gasteiger partial charge >= 0.3 is 0 Å². The molecule has 11 rings (SSSR count). The van der Waals surface area contributed by atoms with Gasteiger partial charge in [0.25, 0.3) is 0 Å². The lowest BCUT2D eigenvalue weighted by Gasteiger charge is -2.55. The maximum absolute atomic E-state index is 2.64. The van der Waals surface area contributed by atoms with E-state index in [9.17, 15) is 0 Å². The third-order valence-electron chi connectivity index (χ3n) is 17.0. The van der Waals surface area contributed by atoms with Crippen molar-refractivity contribution in [1.82, 2.24) is 0 Å². The Bertz CT molecular complexity index is 2990. The summed E-state index contributed by atoms with van der Waals surface area (Å²) in [6.07, 6.45) is 9.72. The summed E-state index contributed by atoms with van der Waals surface area (Å²) in [6.45, 7) is 29.5. The van der Waals surface area contributed by atoms with E-state index in [4.69, 9.17) is 0 Å². The Kier molecular flexibility index (Phi) is 9.50. The van der Waals surface area contributed by atoms with E-state index in [0.717, 1.165) is 12.8 Å². The predicted octanol–water partition coefficient (Wildman–Crippen LogP) is 18.0. The van der Waals surface area contributed by atoms with E-state index in [1.807, 2.05) is 0 Å². The first-order valence-electron chi connectivity index (χ1n) is 24.8. The SMILES string of the molecule is CC1=Cc2c(ccc3ccccc23)C1C(C1=C(C)Cc2cc(C(C)C)cc(C(C)C)c21)(C1C(C)=Cc2c1ccc1ccccc21)C1(C2=C(C)Cc3cc(C(C)C)cc(C(C)C)c32)CC1. The molecule has 5 aliphatic rings. The first-order valence-corrected chi connectivity index (χ1v) is 24.8. The molecule has 0 heteroatoms. The van der Waals surface area contributed by atoms with Crippen LogP contribution in [0.3, 0.4) is 0 Å². The number of allylic oxidation sites excluding steroid dienone is 6. The molecule has 0 amide bonds. The minimum atomic E-state index is -0.336. The van der Waals surface area contributed by atoms with Crippen LogP contribution in [0.4, 0.5) is 0 Å². The Morgan fingerprint density at radius 1 is 0.500 bits per heavy atom. The molecule has 5 aliphatic carbocycles. The van der Waals surface area contributed by atoms with Crippen molar-refractivity contribution in [3.63, 3.8) is 0 Å². The van der Waals surface area contributed by atoms with Crippen molar-refractivity contribution in [3.05, 3.63) is 186 Å². The molecular formula is C64H68. The molecule has 0 spiro atoms. The summed E-state index contributed by atoms with van der Waals surface area (Å²) < 4.78 is 0. The Morgan fingerprint density at radius 3 is 1.42 bits per heavy atom. The molecule has 2 unspecified atom stereocenters. The lowest BCUT2D eigenvalue weighted by atomic mass is 9.46. The zero-order chi connectivity index (χ0) is 44.7. The van der Waals surface area contributed by atoms with Crippen molar-refractivity contribution in [2.75, 3.05) is 0 Å². The largest absolute Gasteiger partial charge is 0.0645 e. The number of rotatable bonds is 9. The van der Waals surface area contributed by atoms with Crippen molar-refractivity contribution in [2.45, 2.75) is 144 Å². The molecule has 64 heavy (non-hydrogen) atoms. The number of fused-ring (bicyclic) bond motifs is 8. The quantitative estimate of drug-likeness (QED) is 0.136. The van der Waals surface area contributed by atoms with E-state index in [0.29, 0.717) is 23.7 Å². The highest BCUT2D eigenvalue weighted by atomic mass is 14.7. The van der Waals surface area contributed by atoms with Crippen molar-refractivity contribution in [1.29, 1.82) is 0 Å². The molecule has 324 valence electrons. The Hall–Kier alpha value is -5.20. The standard InChI is InChI=1S/C64H68/c1-35(2)45-31-47-27-39(9)61(57(47)53(33-45)37(5)6)63(25-26-63)64(59-41(11)29-55-49-19-15-13-17-43(49)21-23-51(55)59,60-42(12)30-56-50-20-16-14-18-44(50)22-24-52(56)60)62-40(10)28-48-32-46(36(3)4)34-54(38(7)8)58(48)62/h13-24,29-38,59-60H,25-28H2,1-12H3. The zero-order valence-electron chi connectivity index (χ0n) is 40.7. The Morgan fingerprint density at radius 2 is 0.953 bits per heavy atom. The zero-order valence-corrected chi connectivity index (χ0v) is 40.7. The summed E-state index contributed by atoms with van der Waals surface area (Å²) in [4.78, 5) is 0. The Labute approximate surface area is 384 Å². The van der Waals surface area contributed by atoms with Crippen molar-refractivity contribution in [3.8, 4) is 0 Å². The first kappa shape index (κ1) is 41.5. The van der Waals surface area contributed by atoms with Crippen LogP contribution < -0.4 is 0 Å². The lowest BCUT2D eigenvalue weighted by molar-refractivity contribution is 0.208. The van der Waals surface area contributed by atoms with Crippen LogP contribution in [-0.2, 0) is 12.8 Å². The van der Waals surface area contributed by atoms with Gasteiger partial charge in [-0.25, -0.2) is 0 Å². The van der Waals surface area contributed by atoms with Crippen LogP contribution in [0.1, 0.15) is 198 Å². The van der Waals surface area contributed by atoms with Gasteiger partial charge in [0, 0.05) is 22.7 Å². The topological polar surface area (TPSA) is 0 Å². The fourth-order valence-electron chi connectivity index (χ4n) is 14.4. The molecular weight excluding hydrogens is 769 g/mol. The monoisotopic (exact) mass is 837 g/mol. The second-order valence-corrected chi connectivity index (χ2v) is 22.2. The van der Waals surface area contributed by atoms with Crippen LogP contribution in [0.2, 0.25) is 0 Å². The fraction of sp³-hybridized carbons (Fsp3) is 0.375. The van der Waals surface area contributed by atoms with Gasteiger partial charge in [0.15, 0.2) is 0 Å². The molecule has 2 atom stereocenters. The summed E-state index contributed by atoms with van der Waals surface area (Å²) in [5.41, 5.74) is 27.5. The van der Waals surface area contributed by atoms with E-state index in [1.165, 1.54) is 78.9 Å². The minimum Gasteiger partial charge on any atom is -0.0645 e. The summed E-state index contributed by atoms with van der Waals surface area (Å²) >= 11 is 0. The van der Waals surface area contributed by atoms with Crippen LogP contribution in [0.15, 0.2) is 119 Å². The molecule has 0 heterocycles. The second-order valence-electron chi connectivity index (χ2n) is 22.2. The summed E-state index contributed by atoms with van der Waals surface area (Å²) in [5, 5.41) is 5.44. The van der Waals surface area contributed by atoms with Gasteiger partial charge in [0.05, 0.1) is 0 Å². The fourth-order valence-corrected chi connectivity index (χ4v) is 14.4. The van der Waals surface area contributed by atoms with E-state index in [-0.39, 0.29) is 22.7 Å². The van der Waals surface area contributed by atoms with Crippen LogP contribution in [-0.4, -0.2) is 0 Å². The van der Waals surface area contributed by atoms with Gasteiger partial charge in [-0.1, -0.05) is 187 Å². The molecule has 0 aromatic heterocycles. The highest BCUT2D eigenvalue weighted by molar-refractivity contribution is 6.00. The number of benzene rings is 6. The maximum atomic E-state index is 2.64. The normalized spacial score (nSPS) is 20.5. The number of hydrogen-bond donors (Lipinski definition) is 0. The van der Waals surface area contributed by atoms with Gasteiger partial charge in [0.2, 0.25) is 0 Å². The third-order valence-corrected chi connectivity index (χ3v) is 17.0. The second kappa shape index (κ2) is 14.7. The van der Waals surface area contributed by atoms with Gasteiger partial charge in [0.1, 0.15) is 0 Å². The lowest BCUT2D eigenvalue weighted by Crippen LogP contribution is -2.46. The van der Waals surface area contributed by atoms with Gasteiger partial charge in [-0.15, -0.1) is 0 Å². The molecule has 0 radical (unpaired) electrons. The maximum Gasteiger partial charge on any atom is 0.0268 e. The predicted molar refractivity (Wildman–Crippen MR) is 277 cm³/mol. The third kappa shape index (κ3) is 5.66. The van der Waals surface area contributed by atoms with E-state index in [1.54, 1.807) is 55.7 Å². The highest BCUT2D eigenvalue weighted by Gasteiger charge is 2.72. The Balaban J connectivity index is 1.33. The summed E-state index contributed by atoms with van der Waals surface area (Å²) in [5.74, 6) is 2.12. The van der Waals surface area contributed by atoms with Crippen LogP contribution >= 0.6 is 0 Å². The van der Waals surface area contributed by atoms with Crippen molar-refractivity contribution in [2.24, 2.45) is 10.8 Å². The van der Waals surface area contributed by atoms with Crippen molar-refractivity contribution < 1.29 is 0 Å². The van der Waals surface area contributed by atoms with Gasteiger partial charge in [-0.2, -0.15) is 0 Å². The van der Waals surface area contributed by atoms with Gasteiger partial charge < -0.3 is 0 Å². The average Bonchev–Trinajstić information content (AvgIpc) is 3.51. The summed E-state index contributed by atoms with van der Waals surface area (Å²) in [7, 11) is 0. The molecule has 0 aliphatic heterocycles. The summed E-state index contributed by atoms with van der Waals surface area (Å²) in [6, 6.07) is 38.9. The van der Waals surface area contributed by atoms with Crippen LogP contribution in [0, 0.1) is 10.8 Å². The molecule has 1 saturated carbocycles. The smallest absolute Gasteiger partial charge is 0.0268 e. The number of hydrogen-bond acceptors (Lipinski definition) is 0. The van der Waals surface area contributed by atoms with Crippen molar-refractivity contribution >= 4 is 44.8 Å². The first-order chi connectivity index (χ1) is 30.7. The highest BCUT2D eigenvalue weighted by Crippen LogP contribution is 2.83. The van der Waals surface area contributed by atoms with Crippen LogP contribution in [0.25, 0.3) is 44.8 Å².